The summed E-state index contributed by atoms with van der Waals surface area (Å²) in [5.74, 6) is -0.966. The fourth-order valence-corrected chi connectivity index (χ4v) is 3.96. The second kappa shape index (κ2) is 9.28. The molecule has 1 amide bonds. The molecule has 12 heteroatoms. The van der Waals surface area contributed by atoms with Crippen LogP contribution in [-0.4, -0.2) is 62.4 Å². The number of aryl methyl sites for hydroxylation is 2. The van der Waals surface area contributed by atoms with Gasteiger partial charge in [0.15, 0.2) is 22.6 Å². The third kappa shape index (κ3) is 4.46. The molecule has 2 aromatic heterocycles. The first-order valence-electron chi connectivity index (χ1n) is 10.5. The molecule has 0 radical (unpaired) electrons. The Morgan fingerprint density at radius 1 is 1.15 bits per heavy atom. The second-order valence-electron chi connectivity index (χ2n) is 7.55. The van der Waals surface area contributed by atoms with E-state index in [-0.39, 0.29) is 52.6 Å². The highest BCUT2D eigenvalue weighted by molar-refractivity contribution is 6.31. The molecule has 3 heterocycles. The summed E-state index contributed by atoms with van der Waals surface area (Å²) in [6.45, 7) is 4.11. The van der Waals surface area contributed by atoms with Crippen molar-refractivity contribution in [1.29, 1.82) is 0 Å². The van der Waals surface area contributed by atoms with E-state index in [1.54, 1.807) is 4.90 Å². The number of nitrogen functional groups attached to an aromatic ring is 2. The van der Waals surface area contributed by atoms with Crippen molar-refractivity contribution in [2.24, 2.45) is 0 Å². The van der Waals surface area contributed by atoms with Crippen molar-refractivity contribution in [3.63, 3.8) is 0 Å². The molecule has 0 spiro atoms. The number of fused-ring (bicyclic) bond motifs is 1. The van der Waals surface area contributed by atoms with Gasteiger partial charge in [0, 0.05) is 38.5 Å². The molecule has 33 heavy (non-hydrogen) atoms. The minimum Gasteiger partial charge on any atom is -0.382 e. The highest BCUT2D eigenvalue weighted by atomic mass is 35.5. The Morgan fingerprint density at radius 2 is 1.88 bits per heavy atom. The van der Waals surface area contributed by atoms with Gasteiger partial charge in [0.1, 0.15) is 17.3 Å². The fourth-order valence-electron chi connectivity index (χ4n) is 3.83. The number of ether oxygens (including phenoxy) is 1. The summed E-state index contributed by atoms with van der Waals surface area (Å²) in [5.41, 5.74) is 12.3. The van der Waals surface area contributed by atoms with Gasteiger partial charge in [-0.2, -0.15) is 0 Å². The van der Waals surface area contributed by atoms with Crippen LogP contribution in [0.2, 0.25) is 5.15 Å². The lowest BCUT2D eigenvalue weighted by Gasteiger charge is -2.27. The maximum atomic E-state index is 14.8. The topological polar surface area (TPSA) is 142 Å². The zero-order valence-corrected chi connectivity index (χ0v) is 18.7. The van der Waals surface area contributed by atoms with E-state index >= 15 is 0 Å². The monoisotopic (exact) mass is 475 g/mol. The zero-order valence-electron chi connectivity index (χ0n) is 18.0. The quantitative estimate of drug-likeness (QED) is 0.516. The smallest absolute Gasteiger partial charge is 0.257 e. The standard InChI is InChI=1S/C21H23ClFN7O3/c1-2-30-14-9-11(21(32)29-5-7-33-8-6-29)12(23)10-13(14)26-16(30)4-3-15(31)17-19(24)28-20(25)18(22)27-17/h9-10H,2-8H2,1H3,(H4,24,25,28). The van der Waals surface area contributed by atoms with Gasteiger partial charge in [-0.3, -0.25) is 9.59 Å². The van der Waals surface area contributed by atoms with Gasteiger partial charge in [0.05, 0.1) is 29.8 Å². The summed E-state index contributed by atoms with van der Waals surface area (Å²) < 4.78 is 21.9. The number of morpholine rings is 1. The number of benzene rings is 1. The number of halogens is 2. The summed E-state index contributed by atoms with van der Waals surface area (Å²) in [5, 5.41) is -0.0960. The summed E-state index contributed by atoms with van der Waals surface area (Å²) >= 11 is 5.86. The summed E-state index contributed by atoms with van der Waals surface area (Å²) in [7, 11) is 0. The first kappa shape index (κ1) is 22.9. The predicted molar refractivity (Wildman–Crippen MR) is 121 cm³/mol. The average molecular weight is 476 g/mol. The summed E-state index contributed by atoms with van der Waals surface area (Å²) in [6, 6.07) is 2.77. The van der Waals surface area contributed by atoms with Crippen LogP contribution in [0.5, 0.6) is 0 Å². The van der Waals surface area contributed by atoms with Gasteiger partial charge in [0.25, 0.3) is 5.91 Å². The molecule has 174 valence electrons. The van der Waals surface area contributed by atoms with Gasteiger partial charge in [-0.05, 0) is 13.0 Å². The van der Waals surface area contributed by atoms with Gasteiger partial charge in [-0.15, -0.1) is 0 Å². The van der Waals surface area contributed by atoms with Crippen LogP contribution in [0.25, 0.3) is 11.0 Å². The maximum Gasteiger partial charge on any atom is 0.257 e. The maximum absolute atomic E-state index is 14.8. The normalized spacial score (nSPS) is 14.1. The van der Waals surface area contributed by atoms with Crippen molar-refractivity contribution in [1.82, 2.24) is 24.4 Å². The number of imidazole rings is 1. The molecule has 1 aliphatic rings. The molecule has 0 bridgehead atoms. The highest BCUT2D eigenvalue weighted by Crippen LogP contribution is 2.24. The molecule has 0 atom stereocenters. The Bertz CT molecular complexity index is 1240. The Balaban J connectivity index is 1.60. The number of anilines is 2. The summed E-state index contributed by atoms with van der Waals surface area (Å²) in [6.07, 6.45) is 0.281. The predicted octanol–water partition coefficient (Wildman–Crippen LogP) is 2.09. The van der Waals surface area contributed by atoms with Crippen LogP contribution < -0.4 is 11.5 Å². The third-order valence-corrected chi connectivity index (χ3v) is 5.78. The van der Waals surface area contributed by atoms with Crippen molar-refractivity contribution in [2.75, 3.05) is 37.8 Å². The number of aromatic nitrogens is 4. The van der Waals surface area contributed by atoms with Gasteiger partial charge in [-0.25, -0.2) is 19.3 Å². The van der Waals surface area contributed by atoms with E-state index in [1.807, 2.05) is 11.5 Å². The van der Waals surface area contributed by atoms with Crippen molar-refractivity contribution in [3.8, 4) is 0 Å². The first-order valence-corrected chi connectivity index (χ1v) is 10.8. The van der Waals surface area contributed by atoms with Crippen molar-refractivity contribution >= 4 is 46.0 Å². The van der Waals surface area contributed by atoms with Gasteiger partial charge in [0.2, 0.25) is 0 Å². The number of carbonyl (C=O) groups is 2. The molecule has 10 nitrogen and oxygen atoms in total. The van der Waals surface area contributed by atoms with Crippen molar-refractivity contribution in [2.45, 2.75) is 26.3 Å². The largest absolute Gasteiger partial charge is 0.382 e. The molecule has 1 saturated heterocycles. The molecule has 1 fully saturated rings. The number of amides is 1. The van der Waals surface area contributed by atoms with E-state index in [2.05, 4.69) is 15.0 Å². The van der Waals surface area contributed by atoms with Crippen LogP contribution in [0, 0.1) is 5.82 Å². The molecular formula is C21H23ClFN7O3. The van der Waals surface area contributed by atoms with Gasteiger partial charge in [-0.1, -0.05) is 11.6 Å². The first-order chi connectivity index (χ1) is 15.8. The van der Waals surface area contributed by atoms with Gasteiger partial charge >= 0.3 is 0 Å². The molecule has 0 aliphatic carbocycles. The Morgan fingerprint density at radius 3 is 2.58 bits per heavy atom. The molecule has 4 N–H and O–H groups in total. The van der Waals surface area contributed by atoms with Gasteiger partial charge < -0.3 is 25.7 Å². The number of nitrogens with zero attached hydrogens (tertiary/aromatic N) is 5. The number of carbonyl (C=O) groups excluding carboxylic acids is 2. The summed E-state index contributed by atoms with van der Waals surface area (Å²) in [4.78, 5) is 39.3. The molecule has 0 unspecified atom stereocenters. The van der Waals surface area contributed by atoms with Crippen molar-refractivity contribution < 1.29 is 18.7 Å². The van der Waals surface area contributed by atoms with Crippen LogP contribution in [0.3, 0.4) is 0 Å². The second-order valence-corrected chi connectivity index (χ2v) is 7.91. The zero-order chi connectivity index (χ0) is 23.7. The minimum atomic E-state index is -0.637. The van der Waals surface area contributed by atoms with Crippen LogP contribution in [-0.2, 0) is 17.7 Å². The molecule has 0 saturated carbocycles. The van der Waals surface area contributed by atoms with E-state index in [0.29, 0.717) is 49.7 Å². The third-order valence-electron chi connectivity index (χ3n) is 5.51. The molecular weight excluding hydrogens is 453 g/mol. The van der Waals surface area contributed by atoms with Crippen molar-refractivity contribution in [3.05, 3.63) is 40.2 Å². The van der Waals surface area contributed by atoms with E-state index in [0.717, 1.165) is 0 Å². The van der Waals surface area contributed by atoms with Crippen LogP contribution in [0.15, 0.2) is 12.1 Å². The van der Waals surface area contributed by atoms with Crippen LogP contribution in [0.1, 0.15) is 40.0 Å². The van der Waals surface area contributed by atoms with E-state index in [1.165, 1.54) is 12.1 Å². The number of hydrogen-bond acceptors (Lipinski definition) is 8. The fraction of sp³-hybridized carbons (Fsp3) is 0.381. The Labute approximate surface area is 193 Å². The number of rotatable bonds is 6. The number of nitrogens with two attached hydrogens (primary N) is 2. The SMILES string of the molecule is CCn1c(CCC(=O)c2nc(Cl)c(N)nc2N)nc2cc(F)c(C(=O)N3CCOCC3)cc21. The molecule has 4 rings (SSSR count). The lowest BCUT2D eigenvalue weighted by molar-refractivity contribution is 0.0300. The molecule has 1 aromatic carbocycles. The lowest BCUT2D eigenvalue weighted by Crippen LogP contribution is -2.41. The van der Waals surface area contributed by atoms with Crippen LogP contribution >= 0.6 is 11.6 Å². The molecule has 3 aromatic rings. The average Bonchev–Trinajstić information content (AvgIpc) is 3.15. The Kier molecular flexibility index (Phi) is 6.43. The van der Waals surface area contributed by atoms with E-state index in [4.69, 9.17) is 27.8 Å². The minimum absolute atomic E-state index is 0.0128. The van der Waals surface area contributed by atoms with E-state index < -0.39 is 5.82 Å². The van der Waals surface area contributed by atoms with E-state index in [9.17, 15) is 14.0 Å². The van der Waals surface area contributed by atoms with Crippen LogP contribution in [0.4, 0.5) is 16.0 Å². The number of hydrogen-bond donors (Lipinski definition) is 2. The number of Topliss-reactive ketones (excluding diaryl/α,β-unsaturated/α-hetero) is 1. The number of ketones is 1. The Hall–Kier alpha value is -3.31. The highest BCUT2D eigenvalue weighted by Gasteiger charge is 2.24. The molecule has 1 aliphatic heterocycles. The lowest BCUT2D eigenvalue weighted by atomic mass is 10.1.